The van der Waals surface area contributed by atoms with Crippen LogP contribution < -0.4 is 0 Å². The van der Waals surface area contributed by atoms with Crippen molar-refractivity contribution in [2.75, 3.05) is 14.2 Å². The van der Waals surface area contributed by atoms with Crippen molar-refractivity contribution in [1.82, 2.24) is 0 Å². The zero-order valence-corrected chi connectivity index (χ0v) is 11.7. The van der Waals surface area contributed by atoms with Gasteiger partial charge >= 0.3 is 11.9 Å². The molecule has 0 atom stereocenters. The van der Waals surface area contributed by atoms with Gasteiger partial charge in [0.25, 0.3) is 0 Å². The molecule has 1 aromatic rings. The number of benzene rings is 1. The highest BCUT2D eigenvalue weighted by Crippen LogP contribution is 2.14. The van der Waals surface area contributed by atoms with E-state index >= 15 is 0 Å². The number of carbonyl (C=O) groups excluding carboxylic acids is 3. The lowest BCUT2D eigenvalue weighted by molar-refractivity contribution is -0.140. The largest absolute Gasteiger partial charge is 0.469 e. The molecule has 0 saturated heterocycles. The summed E-state index contributed by atoms with van der Waals surface area (Å²) in [5.74, 6) is -0.938. The third kappa shape index (κ3) is 4.50. The molecule has 0 saturated carbocycles. The first-order valence-electron chi connectivity index (χ1n) is 6.37. The highest BCUT2D eigenvalue weighted by atomic mass is 16.5. The number of hydrogen-bond acceptors (Lipinski definition) is 5. The molecule has 0 radical (unpaired) electrons. The highest BCUT2D eigenvalue weighted by Gasteiger charge is 2.16. The second-order valence-electron chi connectivity index (χ2n) is 4.24. The Hall–Kier alpha value is -2.17. The Balaban J connectivity index is 2.60. The van der Waals surface area contributed by atoms with Gasteiger partial charge in [0.15, 0.2) is 5.78 Å². The Morgan fingerprint density at radius 3 is 2.10 bits per heavy atom. The van der Waals surface area contributed by atoms with Gasteiger partial charge in [-0.15, -0.1) is 0 Å². The van der Waals surface area contributed by atoms with Crippen LogP contribution in [0.4, 0.5) is 0 Å². The molecule has 0 aliphatic heterocycles. The van der Waals surface area contributed by atoms with Crippen molar-refractivity contribution < 1.29 is 23.9 Å². The second kappa shape index (κ2) is 8.09. The lowest BCUT2D eigenvalue weighted by atomic mass is 9.99. The van der Waals surface area contributed by atoms with Gasteiger partial charge in [0.05, 0.1) is 19.8 Å². The minimum Gasteiger partial charge on any atom is -0.469 e. The normalized spacial score (nSPS) is 9.90. The van der Waals surface area contributed by atoms with Crippen molar-refractivity contribution in [3.05, 3.63) is 35.4 Å². The van der Waals surface area contributed by atoms with Gasteiger partial charge in [0.2, 0.25) is 0 Å². The van der Waals surface area contributed by atoms with E-state index in [1.165, 1.54) is 14.2 Å². The number of ether oxygens (including phenoxy) is 2. The molecule has 0 N–H and O–H groups in total. The molecule has 5 heteroatoms. The van der Waals surface area contributed by atoms with E-state index in [0.29, 0.717) is 24.8 Å². The summed E-state index contributed by atoms with van der Waals surface area (Å²) in [6, 6.07) is 6.55. The van der Waals surface area contributed by atoms with Crippen molar-refractivity contribution in [3.63, 3.8) is 0 Å². The quantitative estimate of drug-likeness (QED) is 0.435. The van der Waals surface area contributed by atoms with Gasteiger partial charge in [-0.1, -0.05) is 18.2 Å². The summed E-state index contributed by atoms with van der Waals surface area (Å²) in [5.41, 5.74) is 0.630. The fourth-order valence-electron chi connectivity index (χ4n) is 1.81. The number of Topliss-reactive ketones (excluding diaryl/α,β-unsaturated/α-hetero) is 1. The van der Waals surface area contributed by atoms with E-state index in [0.717, 1.165) is 0 Å². The lowest BCUT2D eigenvalue weighted by Gasteiger charge is -2.06. The molecule has 0 unspecified atom stereocenters. The van der Waals surface area contributed by atoms with Gasteiger partial charge in [-0.3, -0.25) is 9.59 Å². The van der Waals surface area contributed by atoms with Gasteiger partial charge in [0.1, 0.15) is 0 Å². The van der Waals surface area contributed by atoms with E-state index in [2.05, 4.69) is 9.47 Å². The van der Waals surface area contributed by atoms with E-state index < -0.39 is 5.97 Å². The molecule has 0 fully saturated rings. The maximum absolute atomic E-state index is 12.1. The maximum atomic E-state index is 12.1. The van der Waals surface area contributed by atoms with Crippen LogP contribution in [0.15, 0.2) is 24.3 Å². The van der Waals surface area contributed by atoms with Crippen molar-refractivity contribution >= 4 is 17.7 Å². The van der Waals surface area contributed by atoms with Crippen LogP contribution in [0.1, 0.15) is 46.4 Å². The van der Waals surface area contributed by atoms with Crippen LogP contribution >= 0.6 is 0 Å². The predicted octanol–water partition coefficient (Wildman–Crippen LogP) is 2.39. The van der Waals surface area contributed by atoms with Crippen LogP contribution in [0, 0.1) is 0 Å². The molecule has 0 aliphatic rings. The Kier molecular flexibility index (Phi) is 6.43. The number of carbonyl (C=O) groups is 3. The molecule has 0 spiro atoms. The second-order valence-corrected chi connectivity index (χ2v) is 4.24. The Labute approximate surface area is 117 Å². The van der Waals surface area contributed by atoms with Crippen LogP contribution in [0.25, 0.3) is 0 Å². The third-order valence-corrected chi connectivity index (χ3v) is 2.90. The zero-order chi connectivity index (χ0) is 15.0. The Bertz CT molecular complexity index is 493. The van der Waals surface area contributed by atoms with E-state index in [9.17, 15) is 14.4 Å². The number of esters is 2. The summed E-state index contributed by atoms with van der Waals surface area (Å²) in [6.45, 7) is 0. The zero-order valence-electron chi connectivity index (χ0n) is 11.7. The number of hydrogen-bond donors (Lipinski definition) is 0. The van der Waals surface area contributed by atoms with Crippen LogP contribution in [-0.4, -0.2) is 31.9 Å². The van der Waals surface area contributed by atoms with Gasteiger partial charge in [-0.25, -0.2) is 4.79 Å². The van der Waals surface area contributed by atoms with Crippen LogP contribution in [0.5, 0.6) is 0 Å². The standard InChI is InChI=1S/C15H18O5/c1-19-14(17)10-6-5-9-13(16)11-7-3-4-8-12(11)15(18)20-2/h3-4,7-8H,5-6,9-10H2,1-2H3. The van der Waals surface area contributed by atoms with Gasteiger partial charge in [-0.2, -0.15) is 0 Å². The van der Waals surface area contributed by atoms with Crippen LogP contribution in [-0.2, 0) is 14.3 Å². The summed E-state index contributed by atoms with van der Waals surface area (Å²) < 4.78 is 9.17. The Morgan fingerprint density at radius 2 is 1.50 bits per heavy atom. The first-order valence-corrected chi connectivity index (χ1v) is 6.37. The molecule has 0 bridgehead atoms. The molecule has 0 aliphatic carbocycles. The molecular weight excluding hydrogens is 260 g/mol. The number of methoxy groups -OCH3 is 2. The van der Waals surface area contributed by atoms with Crippen molar-refractivity contribution in [2.45, 2.75) is 25.7 Å². The average Bonchev–Trinajstić information content (AvgIpc) is 2.50. The monoisotopic (exact) mass is 278 g/mol. The number of unbranched alkanes of at least 4 members (excludes halogenated alkanes) is 1. The molecule has 108 valence electrons. The fourth-order valence-corrected chi connectivity index (χ4v) is 1.81. The summed E-state index contributed by atoms with van der Waals surface area (Å²) in [5, 5.41) is 0. The SMILES string of the molecule is COC(=O)CCCCC(=O)c1ccccc1C(=O)OC. The molecular formula is C15H18O5. The van der Waals surface area contributed by atoms with Crippen molar-refractivity contribution in [3.8, 4) is 0 Å². The number of rotatable bonds is 7. The minimum atomic E-state index is -0.525. The molecule has 1 aromatic carbocycles. The smallest absolute Gasteiger partial charge is 0.338 e. The van der Waals surface area contributed by atoms with E-state index in [1.54, 1.807) is 24.3 Å². The summed E-state index contributed by atoms with van der Waals surface area (Å²) in [7, 11) is 2.61. The van der Waals surface area contributed by atoms with Crippen LogP contribution in [0.2, 0.25) is 0 Å². The van der Waals surface area contributed by atoms with E-state index in [-0.39, 0.29) is 23.7 Å². The topological polar surface area (TPSA) is 69.7 Å². The first-order chi connectivity index (χ1) is 9.60. The fraction of sp³-hybridized carbons (Fsp3) is 0.400. The molecule has 0 aromatic heterocycles. The first kappa shape index (κ1) is 15.9. The highest BCUT2D eigenvalue weighted by molar-refractivity contribution is 6.06. The van der Waals surface area contributed by atoms with Gasteiger partial charge in [0, 0.05) is 18.4 Å². The summed E-state index contributed by atoms with van der Waals surface area (Å²) in [6.07, 6.45) is 1.73. The third-order valence-electron chi connectivity index (χ3n) is 2.90. The molecule has 1 rings (SSSR count). The molecule has 0 heterocycles. The Morgan fingerprint density at radius 1 is 0.900 bits per heavy atom. The van der Waals surface area contributed by atoms with Crippen LogP contribution in [0.3, 0.4) is 0 Å². The maximum Gasteiger partial charge on any atom is 0.338 e. The molecule has 20 heavy (non-hydrogen) atoms. The summed E-state index contributed by atoms with van der Waals surface area (Å²) in [4.78, 5) is 34.6. The van der Waals surface area contributed by atoms with Gasteiger partial charge in [-0.05, 0) is 18.9 Å². The average molecular weight is 278 g/mol. The lowest BCUT2D eigenvalue weighted by Crippen LogP contribution is -2.10. The number of ketones is 1. The molecule has 5 nitrogen and oxygen atoms in total. The van der Waals surface area contributed by atoms with Crippen molar-refractivity contribution in [1.29, 1.82) is 0 Å². The van der Waals surface area contributed by atoms with Crippen molar-refractivity contribution in [2.24, 2.45) is 0 Å². The predicted molar refractivity (Wildman–Crippen MR) is 72.6 cm³/mol. The molecule has 0 amide bonds. The van der Waals surface area contributed by atoms with E-state index in [1.807, 2.05) is 0 Å². The van der Waals surface area contributed by atoms with Gasteiger partial charge < -0.3 is 9.47 Å². The van der Waals surface area contributed by atoms with E-state index in [4.69, 9.17) is 0 Å². The summed E-state index contributed by atoms with van der Waals surface area (Å²) >= 11 is 0. The minimum absolute atomic E-state index is 0.129.